The summed E-state index contributed by atoms with van der Waals surface area (Å²) < 4.78 is 1.85. The average Bonchev–Trinajstić information content (AvgIpc) is 2.61. The molecule has 0 aliphatic carbocycles. The first-order chi connectivity index (χ1) is 7.31. The van der Waals surface area contributed by atoms with Crippen LogP contribution in [0.2, 0.25) is 0 Å². The standard InChI is InChI=1S/C12H15N3.Ir/c1-3-7-11-13-12(15(2)14-11)10-8-5-4-6-9-10;/h4-6,8-9H,3,7H2,1-2H3;/q;+3. The zero-order valence-corrected chi connectivity index (χ0v) is 11.9. The molecule has 1 aromatic heterocycles. The van der Waals surface area contributed by atoms with Crippen LogP contribution >= 0.6 is 0 Å². The number of benzene rings is 1. The molecule has 2 rings (SSSR count). The molecule has 0 N–H and O–H groups in total. The predicted molar refractivity (Wildman–Crippen MR) is 60.4 cm³/mol. The minimum absolute atomic E-state index is 0. The van der Waals surface area contributed by atoms with Crippen molar-refractivity contribution in [3.8, 4) is 11.4 Å². The second kappa shape index (κ2) is 5.92. The van der Waals surface area contributed by atoms with E-state index in [9.17, 15) is 0 Å². The number of rotatable bonds is 3. The van der Waals surface area contributed by atoms with Crippen LogP contribution in [0.4, 0.5) is 0 Å². The van der Waals surface area contributed by atoms with E-state index in [-0.39, 0.29) is 20.1 Å². The largest absolute Gasteiger partial charge is 3.00 e. The van der Waals surface area contributed by atoms with Gasteiger partial charge in [0, 0.05) is 19.0 Å². The van der Waals surface area contributed by atoms with Crippen molar-refractivity contribution in [1.29, 1.82) is 0 Å². The van der Waals surface area contributed by atoms with Gasteiger partial charge in [0.25, 0.3) is 0 Å². The molecule has 3 nitrogen and oxygen atoms in total. The Kier molecular flexibility index (Phi) is 4.84. The molecule has 0 bridgehead atoms. The quantitative estimate of drug-likeness (QED) is 0.802. The number of aromatic nitrogens is 3. The van der Waals surface area contributed by atoms with Crippen molar-refractivity contribution in [2.24, 2.45) is 7.05 Å². The molecule has 0 saturated heterocycles. The fourth-order valence-corrected chi connectivity index (χ4v) is 1.61. The maximum absolute atomic E-state index is 4.52. The Morgan fingerprint density at radius 1 is 1.19 bits per heavy atom. The van der Waals surface area contributed by atoms with E-state index in [4.69, 9.17) is 0 Å². The molecule has 84 valence electrons. The van der Waals surface area contributed by atoms with Crippen molar-refractivity contribution in [2.45, 2.75) is 19.8 Å². The van der Waals surface area contributed by atoms with Gasteiger partial charge in [-0.1, -0.05) is 37.3 Å². The summed E-state index contributed by atoms with van der Waals surface area (Å²) in [5.41, 5.74) is 1.12. The van der Waals surface area contributed by atoms with Crippen LogP contribution in [-0.2, 0) is 33.6 Å². The van der Waals surface area contributed by atoms with Crippen molar-refractivity contribution in [3.63, 3.8) is 0 Å². The van der Waals surface area contributed by atoms with Crippen molar-refractivity contribution >= 4 is 0 Å². The van der Waals surface area contributed by atoms with Crippen molar-refractivity contribution in [1.82, 2.24) is 14.8 Å². The van der Waals surface area contributed by atoms with Gasteiger partial charge in [0.15, 0.2) is 11.6 Å². The summed E-state index contributed by atoms with van der Waals surface area (Å²) in [7, 11) is 1.94. The van der Waals surface area contributed by atoms with Gasteiger partial charge < -0.3 is 0 Å². The molecule has 0 saturated carbocycles. The van der Waals surface area contributed by atoms with Crippen LogP contribution in [0.1, 0.15) is 19.2 Å². The molecule has 0 aliphatic rings. The second-order valence-corrected chi connectivity index (χ2v) is 3.59. The molecule has 0 unspecified atom stereocenters. The van der Waals surface area contributed by atoms with E-state index in [1.165, 1.54) is 0 Å². The van der Waals surface area contributed by atoms with E-state index in [0.717, 1.165) is 30.1 Å². The second-order valence-electron chi connectivity index (χ2n) is 3.59. The van der Waals surface area contributed by atoms with Crippen LogP contribution in [0.3, 0.4) is 0 Å². The van der Waals surface area contributed by atoms with Gasteiger partial charge in [0.1, 0.15) is 0 Å². The van der Waals surface area contributed by atoms with Crippen LogP contribution in [0.15, 0.2) is 30.3 Å². The molecule has 1 heterocycles. The van der Waals surface area contributed by atoms with E-state index < -0.39 is 0 Å². The van der Waals surface area contributed by atoms with Gasteiger partial charge in [-0.05, 0) is 6.42 Å². The summed E-state index contributed by atoms with van der Waals surface area (Å²) in [6.45, 7) is 2.14. The zero-order chi connectivity index (χ0) is 10.7. The molecule has 0 fully saturated rings. The Labute approximate surface area is 109 Å². The van der Waals surface area contributed by atoms with Gasteiger partial charge in [-0.2, -0.15) is 5.10 Å². The molecular weight excluding hydrogens is 378 g/mol. The Hall–Kier alpha value is -0.991. The van der Waals surface area contributed by atoms with E-state index in [1.54, 1.807) is 0 Å². The Morgan fingerprint density at radius 3 is 2.50 bits per heavy atom. The maximum atomic E-state index is 4.52. The SMILES string of the molecule is CCCc1nc(-c2ccccc2)n(C)n1.[Ir+3]. The molecule has 0 spiro atoms. The summed E-state index contributed by atoms with van der Waals surface area (Å²) in [6, 6.07) is 10.2. The molecule has 16 heavy (non-hydrogen) atoms. The molecule has 4 heteroatoms. The molecule has 0 radical (unpaired) electrons. The summed E-state index contributed by atoms with van der Waals surface area (Å²) in [4.78, 5) is 4.52. The fraction of sp³-hybridized carbons (Fsp3) is 0.333. The minimum atomic E-state index is 0. The van der Waals surface area contributed by atoms with Crippen LogP contribution in [0.25, 0.3) is 11.4 Å². The third kappa shape index (κ3) is 2.77. The van der Waals surface area contributed by atoms with Crippen LogP contribution in [0.5, 0.6) is 0 Å². The first-order valence-corrected chi connectivity index (χ1v) is 5.26. The maximum Gasteiger partial charge on any atom is 3.00 e. The van der Waals surface area contributed by atoms with Gasteiger partial charge in [-0.25, -0.2) is 9.67 Å². The Bertz CT molecular complexity index is 437. The molecule has 0 atom stereocenters. The van der Waals surface area contributed by atoms with Crippen molar-refractivity contribution < 1.29 is 20.1 Å². The third-order valence-electron chi connectivity index (χ3n) is 2.31. The smallest absolute Gasteiger partial charge is 0.249 e. The topological polar surface area (TPSA) is 30.7 Å². The third-order valence-corrected chi connectivity index (χ3v) is 2.31. The van der Waals surface area contributed by atoms with E-state index in [2.05, 4.69) is 29.1 Å². The van der Waals surface area contributed by atoms with Crippen molar-refractivity contribution in [2.75, 3.05) is 0 Å². The minimum Gasteiger partial charge on any atom is -0.249 e. The first kappa shape index (κ1) is 13.1. The number of aryl methyl sites for hydroxylation is 2. The summed E-state index contributed by atoms with van der Waals surface area (Å²) in [5.74, 6) is 1.87. The Morgan fingerprint density at radius 2 is 1.88 bits per heavy atom. The zero-order valence-electron chi connectivity index (χ0n) is 9.48. The van der Waals surface area contributed by atoms with Crippen LogP contribution in [-0.4, -0.2) is 14.8 Å². The van der Waals surface area contributed by atoms with E-state index in [1.807, 2.05) is 29.9 Å². The number of hydrogen-bond donors (Lipinski definition) is 0. The van der Waals surface area contributed by atoms with E-state index >= 15 is 0 Å². The van der Waals surface area contributed by atoms with Gasteiger partial charge in [-0.15, -0.1) is 0 Å². The molecular formula is C12H15IrN3+3. The van der Waals surface area contributed by atoms with Crippen molar-refractivity contribution in [3.05, 3.63) is 36.2 Å². The first-order valence-electron chi connectivity index (χ1n) is 5.26. The van der Waals surface area contributed by atoms with E-state index in [0.29, 0.717) is 0 Å². The van der Waals surface area contributed by atoms with Crippen LogP contribution < -0.4 is 0 Å². The molecule has 2 aromatic rings. The fourth-order valence-electron chi connectivity index (χ4n) is 1.61. The summed E-state index contributed by atoms with van der Waals surface area (Å²) >= 11 is 0. The van der Waals surface area contributed by atoms with Gasteiger partial charge >= 0.3 is 20.1 Å². The average molecular weight is 393 g/mol. The summed E-state index contributed by atoms with van der Waals surface area (Å²) in [5, 5.41) is 4.38. The van der Waals surface area contributed by atoms with Gasteiger partial charge in [-0.3, -0.25) is 0 Å². The monoisotopic (exact) mass is 394 g/mol. The Balaban J connectivity index is 0.00000128. The summed E-state index contributed by atoms with van der Waals surface area (Å²) in [6.07, 6.45) is 2.03. The normalized spacial score (nSPS) is 9.88. The molecule has 0 aliphatic heterocycles. The van der Waals surface area contributed by atoms with Gasteiger partial charge in [0.05, 0.1) is 0 Å². The number of hydrogen-bond acceptors (Lipinski definition) is 2. The number of nitrogens with zero attached hydrogens (tertiary/aromatic N) is 3. The molecule has 0 amide bonds. The van der Waals surface area contributed by atoms with Crippen LogP contribution in [0, 0.1) is 0 Å². The predicted octanol–water partition coefficient (Wildman–Crippen LogP) is 2.43. The molecule has 1 aromatic carbocycles. The van der Waals surface area contributed by atoms with Gasteiger partial charge in [0.2, 0.25) is 0 Å².